The number of thiazole rings is 1. The third-order valence-electron chi connectivity index (χ3n) is 5.22. The van der Waals surface area contributed by atoms with Gasteiger partial charge in [0, 0.05) is 63.9 Å². The monoisotopic (exact) mass is 493 g/mol. The number of pyridine rings is 2. The zero-order chi connectivity index (χ0) is 22.8. The summed E-state index contributed by atoms with van der Waals surface area (Å²) in [4.78, 5) is 14.4. The Bertz CT molecular complexity index is 1420. The Morgan fingerprint density at radius 2 is 2.12 bits per heavy atom. The van der Waals surface area contributed by atoms with E-state index in [4.69, 9.17) is 21.3 Å². The second kappa shape index (κ2) is 9.51. The first kappa shape index (κ1) is 21.9. The topological polar surface area (TPSA) is 65.7 Å². The van der Waals surface area contributed by atoms with Gasteiger partial charge in [0.1, 0.15) is 17.9 Å². The number of aromatic nitrogens is 5. The van der Waals surface area contributed by atoms with Gasteiger partial charge in [-0.2, -0.15) is 5.10 Å². The molecule has 33 heavy (non-hydrogen) atoms. The number of hydrogen-bond acceptors (Lipinski definition) is 7. The van der Waals surface area contributed by atoms with Crippen LogP contribution in [0.2, 0.25) is 5.02 Å². The summed E-state index contributed by atoms with van der Waals surface area (Å²) in [6.45, 7) is 2.31. The number of thioether (sulfide) groups is 1. The molecule has 0 radical (unpaired) electrons. The minimum absolute atomic E-state index is 0.316. The molecule has 0 bridgehead atoms. The Morgan fingerprint density at radius 1 is 1.21 bits per heavy atom. The number of hydrogen-bond donors (Lipinski definition) is 0. The highest BCUT2D eigenvalue weighted by Crippen LogP contribution is 2.35. The van der Waals surface area contributed by atoms with Crippen molar-refractivity contribution in [2.45, 2.75) is 24.2 Å². The summed E-state index contributed by atoms with van der Waals surface area (Å²) in [6.07, 6.45) is 5.28. The molecule has 0 spiro atoms. The van der Waals surface area contributed by atoms with E-state index in [0.29, 0.717) is 17.4 Å². The third kappa shape index (κ3) is 4.59. The van der Waals surface area contributed by atoms with E-state index in [1.54, 1.807) is 35.5 Å². The van der Waals surface area contributed by atoms with E-state index in [9.17, 15) is 0 Å². The minimum Gasteiger partial charge on any atom is -0.487 e. The molecule has 0 amide bonds. The van der Waals surface area contributed by atoms with Gasteiger partial charge in [-0.1, -0.05) is 23.7 Å². The Balaban J connectivity index is 1.46. The van der Waals surface area contributed by atoms with E-state index < -0.39 is 0 Å². The molecule has 6 nitrogen and oxygen atoms in total. The molecule has 0 aliphatic rings. The molecule has 4 heterocycles. The lowest BCUT2D eigenvalue weighted by Gasteiger charge is -2.15. The van der Waals surface area contributed by atoms with Crippen LogP contribution >= 0.6 is 34.7 Å². The van der Waals surface area contributed by atoms with Gasteiger partial charge in [0.05, 0.1) is 21.9 Å². The predicted molar refractivity (Wildman–Crippen MR) is 134 cm³/mol. The summed E-state index contributed by atoms with van der Waals surface area (Å²) in [5, 5.41) is 7.96. The number of rotatable bonds is 7. The average Bonchev–Trinajstić information content (AvgIpc) is 3.48. The van der Waals surface area contributed by atoms with Crippen molar-refractivity contribution in [1.29, 1.82) is 0 Å². The summed E-state index contributed by atoms with van der Waals surface area (Å²) in [5.74, 6) is 1.46. The summed E-state index contributed by atoms with van der Waals surface area (Å²) in [6, 6.07) is 10.1. The van der Waals surface area contributed by atoms with Crippen LogP contribution in [0.3, 0.4) is 0 Å². The van der Waals surface area contributed by atoms with Gasteiger partial charge in [-0.15, -0.1) is 23.1 Å². The van der Waals surface area contributed by atoms with Crippen molar-refractivity contribution in [3.05, 3.63) is 81.8 Å². The third-order valence-corrected chi connectivity index (χ3v) is 7.29. The molecule has 0 saturated carbocycles. The van der Waals surface area contributed by atoms with Crippen LogP contribution in [0.5, 0.6) is 5.75 Å². The van der Waals surface area contributed by atoms with Gasteiger partial charge in [-0.05, 0) is 25.1 Å². The van der Waals surface area contributed by atoms with Crippen LogP contribution in [0.4, 0.5) is 0 Å². The molecule has 0 aliphatic heterocycles. The molecule has 0 N–H and O–H groups in total. The summed E-state index contributed by atoms with van der Waals surface area (Å²) in [5.41, 5.74) is 7.61. The molecular weight excluding hydrogens is 474 g/mol. The Labute approximate surface area is 204 Å². The first-order chi connectivity index (χ1) is 16.1. The first-order valence-electron chi connectivity index (χ1n) is 10.2. The highest BCUT2D eigenvalue weighted by Gasteiger charge is 2.15. The van der Waals surface area contributed by atoms with Crippen molar-refractivity contribution in [2.75, 3.05) is 0 Å². The molecule has 0 unspecified atom stereocenters. The number of fused-ring (bicyclic) bond motifs is 1. The van der Waals surface area contributed by atoms with Gasteiger partial charge in [0.25, 0.3) is 0 Å². The molecule has 5 rings (SSSR count). The molecule has 0 aliphatic carbocycles. The molecule has 4 aromatic heterocycles. The molecule has 166 valence electrons. The maximum absolute atomic E-state index is 6.52. The lowest BCUT2D eigenvalue weighted by molar-refractivity contribution is 0.306. The first-order valence-corrected chi connectivity index (χ1v) is 12.5. The fraction of sp³-hybridized carbons (Fsp3) is 0.167. The van der Waals surface area contributed by atoms with Crippen molar-refractivity contribution in [3.8, 4) is 17.0 Å². The van der Waals surface area contributed by atoms with E-state index in [0.717, 1.165) is 49.8 Å². The van der Waals surface area contributed by atoms with Crippen molar-refractivity contribution >= 4 is 45.6 Å². The summed E-state index contributed by atoms with van der Waals surface area (Å²) >= 11 is 9.76. The fourth-order valence-corrected chi connectivity index (χ4v) is 5.51. The van der Waals surface area contributed by atoms with E-state index in [1.807, 2.05) is 53.9 Å². The number of halogens is 1. The number of ether oxygens (including phenoxy) is 1. The highest BCUT2D eigenvalue weighted by atomic mass is 35.5. The Morgan fingerprint density at radius 3 is 2.91 bits per heavy atom. The smallest absolute Gasteiger partial charge is 0.146 e. The van der Waals surface area contributed by atoms with E-state index >= 15 is 0 Å². The standard InChI is InChI=1S/C24H20ClN5OS2/c1-15-8-18(21-6-7-28-30(21)2)17-4-3-5-22(24(17)29-15)31-11-19-20(25)9-26-10-23(19)33-13-16-12-32-14-27-16/h3-10,12,14H,11,13H2,1-2H3. The lowest BCUT2D eigenvalue weighted by atomic mass is 10.0. The maximum Gasteiger partial charge on any atom is 0.146 e. The number of aryl methyl sites for hydroxylation is 2. The van der Waals surface area contributed by atoms with Gasteiger partial charge in [0.15, 0.2) is 0 Å². The Hall–Kier alpha value is -2.94. The SMILES string of the molecule is Cc1cc(-c2ccnn2C)c2cccc(OCc3c(Cl)cncc3SCc3cscn3)c2n1. The zero-order valence-electron chi connectivity index (χ0n) is 18.0. The quantitative estimate of drug-likeness (QED) is 0.247. The van der Waals surface area contributed by atoms with Gasteiger partial charge in [0.2, 0.25) is 0 Å². The number of nitrogens with zero attached hydrogens (tertiary/aromatic N) is 5. The molecule has 0 saturated heterocycles. The normalized spacial score (nSPS) is 11.2. The van der Waals surface area contributed by atoms with Crippen molar-refractivity contribution in [2.24, 2.45) is 7.05 Å². The van der Waals surface area contributed by atoms with Crippen molar-refractivity contribution < 1.29 is 4.74 Å². The van der Waals surface area contributed by atoms with Crippen molar-refractivity contribution in [1.82, 2.24) is 24.7 Å². The van der Waals surface area contributed by atoms with Crippen LogP contribution in [0.15, 0.2) is 64.7 Å². The van der Waals surface area contributed by atoms with Crippen LogP contribution in [-0.2, 0) is 19.4 Å². The number of benzene rings is 1. The lowest BCUT2D eigenvalue weighted by Crippen LogP contribution is -2.02. The molecule has 1 aromatic carbocycles. The van der Waals surface area contributed by atoms with E-state index in [2.05, 4.69) is 27.2 Å². The van der Waals surface area contributed by atoms with E-state index in [-0.39, 0.29) is 0 Å². The average molecular weight is 494 g/mol. The molecule has 5 aromatic rings. The van der Waals surface area contributed by atoms with Gasteiger partial charge < -0.3 is 4.74 Å². The van der Waals surface area contributed by atoms with E-state index in [1.165, 1.54) is 0 Å². The fourth-order valence-electron chi connectivity index (χ4n) is 3.64. The van der Waals surface area contributed by atoms with Crippen molar-refractivity contribution in [3.63, 3.8) is 0 Å². The highest BCUT2D eigenvalue weighted by molar-refractivity contribution is 7.98. The Kier molecular flexibility index (Phi) is 6.30. The predicted octanol–water partition coefficient (Wildman–Crippen LogP) is 6.32. The van der Waals surface area contributed by atoms with Gasteiger partial charge in [-0.3, -0.25) is 9.67 Å². The second-order valence-electron chi connectivity index (χ2n) is 7.46. The van der Waals surface area contributed by atoms with Crippen LogP contribution in [0, 0.1) is 6.92 Å². The zero-order valence-corrected chi connectivity index (χ0v) is 20.4. The maximum atomic E-state index is 6.52. The van der Waals surface area contributed by atoms with Crippen LogP contribution in [0.25, 0.3) is 22.2 Å². The van der Waals surface area contributed by atoms with Crippen LogP contribution in [-0.4, -0.2) is 24.7 Å². The largest absolute Gasteiger partial charge is 0.487 e. The molecule has 9 heteroatoms. The number of para-hydroxylation sites is 1. The minimum atomic E-state index is 0.316. The second-order valence-corrected chi connectivity index (χ2v) is 9.60. The molecule has 0 atom stereocenters. The summed E-state index contributed by atoms with van der Waals surface area (Å²) in [7, 11) is 1.94. The summed E-state index contributed by atoms with van der Waals surface area (Å²) < 4.78 is 8.16. The van der Waals surface area contributed by atoms with Crippen LogP contribution < -0.4 is 4.74 Å². The van der Waals surface area contributed by atoms with Crippen LogP contribution in [0.1, 0.15) is 17.0 Å². The van der Waals surface area contributed by atoms with Gasteiger partial charge in [-0.25, -0.2) is 9.97 Å². The molecular formula is C24H20ClN5OS2. The van der Waals surface area contributed by atoms with Gasteiger partial charge >= 0.3 is 0 Å². The molecule has 0 fully saturated rings.